The Morgan fingerprint density at radius 3 is 0.929 bits per heavy atom. The molecule has 0 aromatic rings. The lowest BCUT2D eigenvalue weighted by atomic mass is 10.5. The van der Waals surface area contributed by atoms with E-state index in [1.165, 1.54) is 0 Å². The second-order valence-electron chi connectivity index (χ2n) is 5.48. The summed E-state index contributed by atoms with van der Waals surface area (Å²) in [7, 11) is 13.6. The van der Waals surface area contributed by atoms with E-state index in [-0.39, 0.29) is 22.0 Å². The molecule has 0 rings (SSSR count). The van der Waals surface area contributed by atoms with E-state index in [9.17, 15) is 0 Å². The maximum atomic E-state index is 5.65. The number of ether oxygens (including phenoxy) is 2. The number of methoxy groups -OCH3 is 2. The van der Waals surface area contributed by atoms with Crippen molar-refractivity contribution in [2.45, 2.75) is 35.8 Å². The summed E-state index contributed by atoms with van der Waals surface area (Å²) in [5, 5.41) is 0. The van der Waals surface area contributed by atoms with Crippen LogP contribution in [0.3, 0.4) is 0 Å². The second-order valence-corrected chi connectivity index (χ2v) is 18.5. The predicted molar refractivity (Wildman–Crippen MR) is 124 cm³/mol. The van der Waals surface area contributed by atoms with E-state index in [1.807, 2.05) is 13.8 Å². The molecule has 28 heavy (non-hydrogen) atoms. The van der Waals surface area contributed by atoms with Gasteiger partial charge in [-0.3, -0.25) is 0 Å². The average Bonchev–Trinajstić information content (AvgIpc) is 2.75. The summed E-state index contributed by atoms with van der Waals surface area (Å²) in [6, 6.07) is 0. The first-order valence-corrected chi connectivity index (χ1v) is 16.9. The van der Waals surface area contributed by atoms with E-state index in [2.05, 4.69) is 0 Å². The van der Waals surface area contributed by atoms with Crippen molar-refractivity contribution in [1.29, 1.82) is 0 Å². The van der Waals surface area contributed by atoms with Gasteiger partial charge in [0.1, 0.15) is 9.75 Å². The van der Waals surface area contributed by atoms with Gasteiger partial charge in [-0.2, -0.15) is 0 Å². The van der Waals surface area contributed by atoms with E-state index in [4.69, 9.17) is 36.0 Å². The maximum Gasteiger partial charge on any atom is 0.517 e. The zero-order valence-electron chi connectivity index (χ0n) is 18.2. The van der Waals surface area contributed by atoms with Crippen molar-refractivity contribution in [3.8, 4) is 0 Å². The molecule has 0 spiro atoms. The van der Waals surface area contributed by atoms with Crippen LogP contribution in [-0.2, 0) is 36.0 Å². The highest BCUT2D eigenvalue weighted by Crippen LogP contribution is 2.51. The van der Waals surface area contributed by atoms with Crippen molar-refractivity contribution in [2.75, 3.05) is 56.9 Å². The highest BCUT2D eigenvalue weighted by atomic mass is 33.7. The fourth-order valence-corrected chi connectivity index (χ4v) is 19.4. The number of hydrogen-bond acceptors (Lipinski definition) is 12. The Balaban J connectivity index is 5.16. The van der Waals surface area contributed by atoms with Crippen molar-refractivity contribution in [1.82, 2.24) is 0 Å². The molecule has 170 valence electrons. The van der Waals surface area contributed by atoms with Gasteiger partial charge in [0.25, 0.3) is 0 Å². The van der Waals surface area contributed by atoms with Gasteiger partial charge < -0.3 is 36.0 Å². The number of rotatable bonds is 17. The largest absolute Gasteiger partial charge is 0.517 e. The summed E-state index contributed by atoms with van der Waals surface area (Å²) in [6.07, 6.45) is -0.234. The first-order valence-electron chi connectivity index (χ1n) is 8.33. The molecule has 0 aliphatic carbocycles. The lowest BCUT2D eigenvalue weighted by molar-refractivity contribution is 0.0757. The summed E-state index contributed by atoms with van der Waals surface area (Å²) in [5.41, 5.74) is 0. The molecule has 0 bridgehead atoms. The lowest BCUT2D eigenvalue weighted by Gasteiger charge is -2.35. The molecule has 0 heterocycles. The Labute approximate surface area is 187 Å². The smallest absolute Gasteiger partial charge is 0.381 e. The minimum Gasteiger partial charge on any atom is -0.381 e. The second kappa shape index (κ2) is 15.3. The maximum absolute atomic E-state index is 5.65. The average molecular weight is 515 g/mol. The Hall–Kier alpha value is 1.51. The van der Waals surface area contributed by atoms with Crippen LogP contribution in [0.1, 0.15) is 13.8 Å². The van der Waals surface area contributed by atoms with Crippen LogP contribution in [-0.4, -0.2) is 96.4 Å². The van der Waals surface area contributed by atoms with Crippen molar-refractivity contribution in [3.63, 3.8) is 0 Å². The molecule has 0 aromatic carbocycles. The molecule has 4 atom stereocenters. The van der Waals surface area contributed by atoms with Crippen LogP contribution in [0.15, 0.2) is 0 Å². The normalized spacial score (nSPS) is 17.4. The monoisotopic (exact) mass is 514 g/mol. The van der Waals surface area contributed by atoms with Crippen molar-refractivity contribution in [2.24, 2.45) is 0 Å². The summed E-state index contributed by atoms with van der Waals surface area (Å²) < 4.78 is 45.0. The van der Waals surface area contributed by atoms with Gasteiger partial charge in [-0.05, 0) is 33.5 Å². The molecule has 0 radical (unpaired) electrons. The molecular formula is C14H34O8S4Si2. The van der Waals surface area contributed by atoms with Gasteiger partial charge in [-0.25, -0.2) is 0 Å². The molecule has 0 aliphatic rings. The van der Waals surface area contributed by atoms with Gasteiger partial charge in [0.05, 0.1) is 12.2 Å². The van der Waals surface area contributed by atoms with Crippen LogP contribution in [0.4, 0.5) is 0 Å². The van der Waals surface area contributed by atoms with Crippen LogP contribution in [0.5, 0.6) is 0 Å². The Kier molecular flexibility index (Phi) is 16.2. The third-order valence-corrected chi connectivity index (χ3v) is 20.2. The van der Waals surface area contributed by atoms with Gasteiger partial charge in [0.15, 0.2) is 0 Å². The van der Waals surface area contributed by atoms with Crippen LogP contribution in [0.25, 0.3) is 0 Å². The molecule has 0 N–H and O–H groups in total. The molecule has 14 heteroatoms. The highest BCUT2D eigenvalue weighted by Gasteiger charge is 2.53. The summed E-state index contributed by atoms with van der Waals surface area (Å²) in [6.45, 7) is 3.95. The van der Waals surface area contributed by atoms with Crippen LogP contribution in [0.2, 0.25) is 0 Å². The molecule has 0 fully saturated rings. The van der Waals surface area contributed by atoms with E-state index in [0.29, 0.717) is 0 Å². The fraction of sp³-hybridized carbons (Fsp3) is 1.00. The van der Waals surface area contributed by atoms with Crippen molar-refractivity contribution >= 4 is 58.8 Å². The Bertz CT molecular complexity index is 355. The molecule has 8 nitrogen and oxygen atoms in total. The van der Waals surface area contributed by atoms with Gasteiger partial charge in [-0.15, -0.1) is 0 Å². The zero-order chi connectivity index (χ0) is 21.8. The van der Waals surface area contributed by atoms with Crippen molar-refractivity contribution in [3.05, 3.63) is 0 Å². The molecule has 0 aliphatic heterocycles. The van der Waals surface area contributed by atoms with Gasteiger partial charge in [-0.1, -0.05) is 21.6 Å². The molecule has 0 saturated carbocycles. The van der Waals surface area contributed by atoms with E-state index in [0.717, 1.165) is 0 Å². The zero-order valence-corrected chi connectivity index (χ0v) is 23.5. The molecule has 0 saturated heterocycles. The highest BCUT2D eigenvalue weighted by molar-refractivity contribution is 9.26. The van der Waals surface area contributed by atoms with Crippen LogP contribution in [0, 0.1) is 0 Å². The van der Waals surface area contributed by atoms with Gasteiger partial charge in [0, 0.05) is 56.9 Å². The quantitative estimate of drug-likeness (QED) is 0.162. The summed E-state index contributed by atoms with van der Waals surface area (Å²) >= 11 is 0. The summed E-state index contributed by atoms with van der Waals surface area (Å²) in [4.78, 5) is -0.216. The molecule has 4 unspecified atom stereocenters. The SMILES string of the molecule is COC(C)C(SSSSC(C(C)OC)[Si](OC)(OC)OC)[Si](OC)(OC)OC. The summed E-state index contributed by atoms with van der Waals surface area (Å²) in [5.74, 6) is 0. The Morgan fingerprint density at radius 2 is 0.750 bits per heavy atom. The van der Waals surface area contributed by atoms with E-state index >= 15 is 0 Å². The Morgan fingerprint density at radius 1 is 0.500 bits per heavy atom. The van der Waals surface area contributed by atoms with E-state index in [1.54, 1.807) is 98.1 Å². The van der Waals surface area contributed by atoms with Gasteiger partial charge in [0.2, 0.25) is 0 Å². The fourth-order valence-electron chi connectivity index (χ4n) is 2.41. The third kappa shape index (κ3) is 7.58. The molecule has 0 amide bonds. The standard InChI is InChI=1S/C14H34O8S4Si2/c1-11(15-3)13(27(17-5,18-6)19-7)23-25-26-24-14(12(2)16-4)28(20-8,21-9)22-10/h11-14H,1-10H3. The van der Waals surface area contributed by atoms with Crippen molar-refractivity contribution < 1.29 is 36.0 Å². The first-order chi connectivity index (χ1) is 13.3. The van der Waals surface area contributed by atoms with Gasteiger partial charge >= 0.3 is 17.6 Å². The van der Waals surface area contributed by atoms with E-state index < -0.39 is 17.6 Å². The minimum atomic E-state index is -2.89. The first kappa shape index (κ1) is 29.5. The van der Waals surface area contributed by atoms with Crippen LogP contribution >= 0.6 is 41.2 Å². The molecule has 0 aromatic heterocycles. The minimum absolute atomic E-state index is 0.108. The predicted octanol–water partition coefficient (Wildman–Crippen LogP) is 3.31. The topological polar surface area (TPSA) is 73.8 Å². The van der Waals surface area contributed by atoms with Crippen LogP contribution < -0.4 is 0 Å². The molecular weight excluding hydrogens is 481 g/mol. The lowest BCUT2D eigenvalue weighted by Crippen LogP contribution is -2.57. The third-order valence-electron chi connectivity index (χ3n) is 4.31. The number of hydrogen-bond donors (Lipinski definition) is 0.